The van der Waals surface area contributed by atoms with Crippen LogP contribution in [0.15, 0.2) is 12.1 Å². The number of alkyl halides is 3. The Balaban J connectivity index is 1.51. The fraction of sp³-hybridized carbons (Fsp3) is 0.611. The highest BCUT2D eigenvalue weighted by Gasteiger charge is 2.34. The Hall–Kier alpha value is -1.99. The average Bonchev–Trinajstić information content (AvgIpc) is 2.93. The number of nitrogens with zero attached hydrogens (tertiary/aromatic N) is 1. The van der Waals surface area contributed by atoms with Crippen molar-refractivity contribution in [1.82, 2.24) is 10.2 Å². The van der Waals surface area contributed by atoms with E-state index in [0.29, 0.717) is 17.9 Å². The quantitative estimate of drug-likeness (QED) is 0.720. The van der Waals surface area contributed by atoms with Crippen molar-refractivity contribution in [3.05, 3.63) is 17.9 Å². The van der Waals surface area contributed by atoms with Crippen LogP contribution in [0.2, 0.25) is 0 Å². The van der Waals surface area contributed by atoms with Crippen LogP contribution in [0, 0.1) is 23.6 Å². The second-order valence-electron chi connectivity index (χ2n) is 7.32. The van der Waals surface area contributed by atoms with Gasteiger partial charge in [0.1, 0.15) is 11.6 Å². The van der Waals surface area contributed by atoms with Gasteiger partial charge in [0, 0.05) is 18.6 Å². The zero-order chi connectivity index (χ0) is 18.9. The van der Waals surface area contributed by atoms with Crippen LogP contribution < -0.4 is 10.5 Å². The minimum atomic E-state index is -4.10. The summed E-state index contributed by atoms with van der Waals surface area (Å²) in [5, 5.41) is 6.68. The third-order valence-electron chi connectivity index (χ3n) is 5.35. The molecule has 1 fully saturated rings. The average molecular weight is 373 g/mol. The van der Waals surface area contributed by atoms with E-state index < -0.39 is 18.4 Å². The number of H-pyrrole nitrogens is 1. The molecule has 1 saturated carbocycles. The minimum absolute atomic E-state index is 0.106. The molecule has 0 amide bonds. The van der Waals surface area contributed by atoms with E-state index in [0.717, 1.165) is 25.7 Å². The lowest BCUT2D eigenvalue weighted by atomic mass is 9.75. The first-order valence-corrected chi connectivity index (χ1v) is 8.85. The summed E-state index contributed by atoms with van der Waals surface area (Å²) in [6.45, 7) is 2.11. The van der Waals surface area contributed by atoms with Gasteiger partial charge < -0.3 is 10.5 Å². The zero-order valence-electron chi connectivity index (χ0n) is 14.6. The van der Waals surface area contributed by atoms with Gasteiger partial charge in [-0.1, -0.05) is 6.92 Å². The van der Waals surface area contributed by atoms with Gasteiger partial charge in [0.05, 0.1) is 17.5 Å². The largest absolute Gasteiger partial charge is 0.493 e. The van der Waals surface area contributed by atoms with Crippen molar-refractivity contribution in [2.75, 3.05) is 12.3 Å². The molecule has 26 heavy (non-hydrogen) atoms. The molecule has 0 radical (unpaired) electrons. The molecule has 1 aliphatic rings. The smallest absolute Gasteiger partial charge is 0.389 e. The molecule has 1 aliphatic carbocycles. The summed E-state index contributed by atoms with van der Waals surface area (Å²) in [5.41, 5.74) is 6.07. The van der Waals surface area contributed by atoms with E-state index in [2.05, 4.69) is 10.2 Å². The summed E-state index contributed by atoms with van der Waals surface area (Å²) in [5.74, 6) is 0.0405. The van der Waals surface area contributed by atoms with Gasteiger partial charge in [-0.05, 0) is 43.4 Å². The summed E-state index contributed by atoms with van der Waals surface area (Å²) >= 11 is 0. The first-order chi connectivity index (χ1) is 12.2. The van der Waals surface area contributed by atoms with E-state index in [1.165, 1.54) is 6.07 Å². The van der Waals surface area contributed by atoms with Gasteiger partial charge >= 0.3 is 6.18 Å². The highest BCUT2D eigenvalue weighted by atomic mass is 19.4. The van der Waals surface area contributed by atoms with E-state index in [1.807, 2.05) is 0 Å². The van der Waals surface area contributed by atoms with Crippen molar-refractivity contribution in [3.63, 3.8) is 0 Å². The number of nitrogen functional groups attached to an aromatic ring is 1. The lowest BCUT2D eigenvalue weighted by Crippen LogP contribution is -2.26. The molecule has 1 aromatic carbocycles. The number of hydrogen-bond acceptors (Lipinski definition) is 3. The van der Waals surface area contributed by atoms with Crippen molar-refractivity contribution in [1.29, 1.82) is 0 Å². The minimum Gasteiger partial charge on any atom is -0.493 e. The summed E-state index contributed by atoms with van der Waals surface area (Å²) in [6, 6.07) is 2.93. The number of hydrogen-bond donors (Lipinski definition) is 2. The maximum absolute atomic E-state index is 14.1. The Morgan fingerprint density at radius 3 is 2.62 bits per heavy atom. The fourth-order valence-electron chi connectivity index (χ4n) is 3.86. The van der Waals surface area contributed by atoms with Gasteiger partial charge in [0.2, 0.25) is 0 Å². The van der Waals surface area contributed by atoms with Crippen LogP contribution in [-0.2, 0) is 0 Å². The summed E-state index contributed by atoms with van der Waals surface area (Å²) in [6.07, 6.45) is -1.61. The number of fused-ring (bicyclic) bond motifs is 1. The third-order valence-corrected chi connectivity index (χ3v) is 5.35. The first kappa shape index (κ1) is 18.8. The number of aromatic nitrogens is 2. The van der Waals surface area contributed by atoms with Gasteiger partial charge in [-0.2, -0.15) is 18.3 Å². The van der Waals surface area contributed by atoms with E-state index >= 15 is 0 Å². The maximum atomic E-state index is 14.1. The molecule has 8 heteroatoms. The van der Waals surface area contributed by atoms with Crippen molar-refractivity contribution in [3.8, 4) is 5.75 Å². The number of nitrogens with one attached hydrogen (secondary N) is 1. The molecular formula is C18H23F4N3O. The zero-order valence-corrected chi connectivity index (χ0v) is 14.6. The summed E-state index contributed by atoms with van der Waals surface area (Å²) < 4.78 is 57.4. The third kappa shape index (κ3) is 4.40. The summed E-state index contributed by atoms with van der Waals surface area (Å²) in [4.78, 5) is 0. The van der Waals surface area contributed by atoms with Gasteiger partial charge in [-0.15, -0.1) is 0 Å². The Morgan fingerprint density at radius 2 is 1.96 bits per heavy atom. The molecule has 144 valence electrons. The Labute approximate surface area is 149 Å². The lowest BCUT2D eigenvalue weighted by Gasteiger charge is -2.32. The molecule has 3 N–H and O–H groups in total. The van der Waals surface area contributed by atoms with Gasteiger partial charge in [0.15, 0.2) is 5.82 Å². The van der Waals surface area contributed by atoms with Crippen LogP contribution in [0.1, 0.15) is 39.0 Å². The molecule has 4 nitrogen and oxygen atoms in total. The predicted octanol–water partition coefficient (Wildman–Crippen LogP) is 5.06. The topological polar surface area (TPSA) is 63.9 Å². The molecule has 0 spiro atoms. The van der Waals surface area contributed by atoms with Crippen molar-refractivity contribution in [2.24, 2.45) is 17.8 Å². The number of aromatic amines is 1. The normalized spacial score (nSPS) is 22.5. The molecule has 1 atom stereocenters. The van der Waals surface area contributed by atoms with Crippen molar-refractivity contribution >= 4 is 16.7 Å². The van der Waals surface area contributed by atoms with Gasteiger partial charge in [-0.25, -0.2) is 4.39 Å². The Kier molecular flexibility index (Phi) is 5.29. The number of nitrogens with two attached hydrogens (primary N) is 1. The van der Waals surface area contributed by atoms with Crippen molar-refractivity contribution < 1.29 is 22.3 Å². The molecule has 3 rings (SSSR count). The highest BCUT2D eigenvalue weighted by Crippen LogP contribution is 2.38. The first-order valence-electron chi connectivity index (χ1n) is 8.85. The number of rotatable bonds is 5. The van der Waals surface area contributed by atoms with Crippen molar-refractivity contribution in [2.45, 2.75) is 45.2 Å². The SMILES string of the molecule is C[C@H](CC(F)(F)F)C1CCC(COc2cc(F)c3c(N)n[nH]c3c2)CC1. The van der Waals surface area contributed by atoms with Crippen LogP contribution in [0.3, 0.4) is 0 Å². The molecule has 0 bridgehead atoms. The predicted molar refractivity (Wildman–Crippen MR) is 91.2 cm³/mol. The molecule has 0 aliphatic heterocycles. The molecule has 1 aromatic heterocycles. The van der Waals surface area contributed by atoms with Gasteiger partial charge in [0.25, 0.3) is 0 Å². The number of benzene rings is 1. The van der Waals surface area contributed by atoms with E-state index in [1.54, 1.807) is 13.0 Å². The van der Waals surface area contributed by atoms with Gasteiger partial charge in [-0.3, -0.25) is 5.10 Å². The van der Waals surface area contributed by atoms with Crippen LogP contribution in [0.5, 0.6) is 5.75 Å². The second-order valence-corrected chi connectivity index (χ2v) is 7.32. The monoisotopic (exact) mass is 373 g/mol. The second kappa shape index (κ2) is 7.32. The number of ether oxygens (including phenoxy) is 1. The molecular weight excluding hydrogens is 350 g/mol. The van der Waals surface area contributed by atoms with Crippen LogP contribution in [0.25, 0.3) is 10.9 Å². The highest BCUT2D eigenvalue weighted by molar-refractivity contribution is 5.90. The standard InChI is InChI=1S/C18H23F4N3O/c1-10(8-18(20,21)22)12-4-2-11(3-5-12)9-26-13-6-14(19)16-15(7-13)24-25-17(16)23/h6-7,10-12H,2-5,8-9H2,1H3,(H3,23,24,25)/t10-,11?,12?/m1/s1. The van der Waals surface area contributed by atoms with E-state index in [-0.39, 0.29) is 29.0 Å². The summed E-state index contributed by atoms with van der Waals surface area (Å²) in [7, 11) is 0. The van der Waals surface area contributed by atoms with Crippen LogP contribution >= 0.6 is 0 Å². The number of anilines is 1. The lowest BCUT2D eigenvalue weighted by molar-refractivity contribution is -0.148. The molecule has 1 heterocycles. The molecule has 0 saturated heterocycles. The number of halogens is 4. The van der Waals surface area contributed by atoms with E-state index in [4.69, 9.17) is 10.5 Å². The molecule has 0 unspecified atom stereocenters. The Morgan fingerprint density at radius 1 is 1.27 bits per heavy atom. The maximum Gasteiger partial charge on any atom is 0.389 e. The van der Waals surface area contributed by atoms with Crippen LogP contribution in [-0.4, -0.2) is 23.0 Å². The Bertz CT molecular complexity index is 751. The fourth-order valence-corrected chi connectivity index (χ4v) is 3.86. The molecule has 2 aromatic rings. The van der Waals surface area contributed by atoms with Crippen LogP contribution in [0.4, 0.5) is 23.4 Å². The van der Waals surface area contributed by atoms with E-state index in [9.17, 15) is 17.6 Å².